The van der Waals surface area contributed by atoms with E-state index in [4.69, 9.17) is 4.74 Å². The van der Waals surface area contributed by atoms with Crippen LogP contribution in [0.25, 0.3) is 5.65 Å². The van der Waals surface area contributed by atoms with Crippen LogP contribution in [0.1, 0.15) is 12.8 Å². The lowest BCUT2D eigenvalue weighted by molar-refractivity contribution is 0.193. The Morgan fingerprint density at radius 2 is 2.31 bits per heavy atom. The Kier molecular flexibility index (Phi) is 3.71. The van der Waals surface area contributed by atoms with Gasteiger partial charge in [-0.1, -0.05) is 6.07 Å². The summed E-state index contributed by atoms with van der Waals surface area (Å²) in [7, 11) is 1.72. The monoisotopic (exact) mass is 220 g/mol. The third kappa shape index (κ3) is 2.70. The molecule has 16 heavy (non-hydrogen) atoms. The molecule has 2 heterocycles. The normalized spacial score (nSPS) is 10.8. The second-order valence-electron chi connectivity index (χ2n) is 3.57. The van der Waals surface area contributed by atoms with E-state index in [9.17, 15) is 0 Å². The first-order valence-corrected chi connectivity index (χ1v) is 5.44. The van der Waals surface area contributed by atoms with Gasteiger partial charge in [0.1, 0.15) is 0 Å². The number of nitrogens with one attached hydrogen (secondary N) is 1. The summed E-state index contributed by atoms with van der Waals surface area (Å²) in [6, 6.07) is 5.82. The molecule has 0 saturated carbocycles. The fraction of sp³-hybridized carbons (Fsp3) is 0.455. The molecule has 2 aromatic heterocycles. The molecule has 0 atom stereocenters. The van der Waals surface area contributed by atoms with E-state index in [0.29, 0.717) is 5.95 Å². The van der Waals surface area contributed by atoms with Gasteiger partial charge in [-0.25, -0.2) is 4.52 Å². The van der Waals surface area contributed by atoms with Crippen LogP contribution in [0.2, 0.25) is 0 Å². The first-order chi connectivity index (χ1) is 7.90. The average molecular weight is 220 g/mol. The summed E-state index contributed by atoms with van der Waals surface area (Å²) < 4.78 is 6.74. The van der Waals surface area contributed by atoms with Crippen molar-refractivity contribution in [2.45, 2.75) is 12.8 Å². The van der Waals surface area contributed by atoms with Gasteiger partial charge in [0.2, 0.25) is 5.95 Å². The van der Waals surface area contributed by atoms with E-state index in [2.05, 4.69) is 15.4 Å². The van der Waals surface area contributed by atoms with Crippen LogP contribution in [-0.4, -0.2) is 34.9 Å². The Labute approximate surface area is 94.4 Å². The van der Waals surface area contributed by atoms with Crippen molar-refractivity contribution >= 4 is 11.6 Å². The Bertz CT molecular complexity index is 407. The molecule has 86 valence electrons. The Balaban J connectivity index is 1.85. The second-order valence-corrected chi connectivity index (χ2v) is 3.57. The number of pyridine rings is 1. The molecule has 0 aliphatic carbocycles. The molecule has 0 radical (unpaired) electrons. The molecule has 2 rings (SSSR count). The van der Waals surface area contributed by atoms with Gasteiger partial charge in [0.25, 0.3) is 0 Å². The highest BCUT2D eigenvalue weighted by molar-refractivity contribution is 5.42. The molecule has 0 fully saturated rings. The second kappa shape index (κ2) is 5.46. The van der Waals surface area contributed by atoms with Crippen molar-refractivity contribution in [3.63, 3.8) is 0 Å². The highest BCUT2D eigenvalue weighted by atomic mass is 16.5. The average Bonchev–Trinajstić information content (AvgIpc) is 2.71. The van der Waals surface area contributed by atoms with Crippen molar-refractivity contribution in [2.75, 3.05) is 25.6 Å². The molecule has 0 saturated heterocycles. The van der Waals surface area contributed by atoms with Gasteiger partial charge in [-0.15, -0.1) is 5.10 Å². The lowest BCUT2D eigenvalue weighted by Crippen LogP contribution is -2.04. The Morgan fingerprint density at radius 3 is 3.12 bits per heavy atom. The molecular weight excluding hydrogens is 204 g/mol. The molecule has 2 aromatic rings. The van der Waals surface area contributed by atoms with Gasteiger partial charge in [-0.05, 0) is 25.0 Å². The van der Waals surface area contributed by atoms with Crippen LogP contribution >= 0.6 is 0 Å². The van der Waals surface area contributed by atoms with Crippen molar-refractivity contribution < 1.29 is 4.74 Å². The number of rotatable bonds is 6. The molecule has 0 aromatic carbocycles. The molecule has 0 spiro atoms. The first-order valence-electron chi connectivity index (χ1n) is 5.44. The summed E-state index contributed by atoms with van der Waals surface area (Å²) in [5.74, 6) is 0.684. The molecule has 0 aliphatic heterocycles. The zero-order valence-corrected chi connectivity index (χ0v) is 9.39. The van der Waals surface area contributed by atoms with Crippen LogP contribution in [0.4, 0.5) is 5.95 Å². The predicted molar refractivity (Wildman–Crippen MR) is 62.6 cm³/mol. The number of ether oxygens (including phenoxy) is 1. The van der Waals surface area contributed by atoms with E-state index in [1.165, 1.54) is 0 Å². The topological polar surface area (TPSA) is 51.5 Å². The van der Waals surface area contributed by atoms with E-state index in [1.807, 2.05) is 24.4 Å². The number of hydrogen-bond acceptors (Lipinski definition) is 4. The van der Waals surface area contributed by atoms with Gasteiger partial charge in [0.15, 0.2) is 5.65 Å². The summed E-state index contributed by atoms with van der Waals surface area (Å²) >= 11 is 0. The van der Waals surface area contributed by atoms with Crippen molar-refractivity contribution in [1.82, 2.24) is 14.6 Å². The van der Waals surface area contributed by atoms with Crippen molar-refractivity contribution in [1.29, 1.82) is 0 Å². The van der Waals surface area contributed by atoms with E-state index in [-0.39, 0.29) is 0 Å². The van der Waals surface area contributed by atoms with E-state index < -0.39 is 0 Å². The summed E-state index contributed by atoms with van der Waals surface area (Å²) in [5.41, 5.74) is 0.863. The van der Waals surface area contributed by atoms with Crippen LogP contribution < -0.4 is 5.32 Å². The number of fused-ring (bicyclic) bond motifs is 1. The zero-order valence-electron chi connectivity index (χ0n) is 9.39. The fourth-order valence-electron chi connectivity index (χ4n) is 1.48. The maximum Gasteiger partial charge on any atom is 0.243 e. The molecular formula is C11H16N4O. The minimum atomic E-state index is 0.684. The van der Waals surface area contributed by atoms with Crippen molar-refractivity contribution in [3.05, 3.63) is 24.4 Å². The molecule has 0 bridgehead atoms. The molecule has 1 N–H and O–H groups in total. The summed E-state index contributed by atoms with van der Waals surface area (Å²) in [6.07, 6.45) is 4.00. The molecule has 5 nitrogen and oxygen atoms in total. The predicted octanol–water partition coefficient (Wildman–Crippen LogP) is 1.57. The van der Waals surface area contributed by atoms with E-state index in [0.717, 1.165) is 31.6 Å². The van der Waals surface area contributed by atoms with Gasteiger partial charge in [-0.3, -0.25) is 0 Å². The van der Waals surface area contributed by atoms with Crippen LogP contribution in [0.3, 0.4) is 0 Å². The highest BCUT2D eigenvalue weighted by Crippen LogP contribution is 2.04. The van der Waals surface area contributed by atoms with Gasteiger partial charge >= 0.3 is 0 Å². The summed E-state index contributed by atoms with van der Waals surface area (Å²) in [4.78, 5) is 4.34. The molecule has 0 aliphatic rings. The molecule has 0 unspecified atom stereocenters. The van der Waals surface area contributed by atoms with Gasteiger partial charge in [-0.2, -0.15) is 4.98 Å². The fourth-order valence-corrected chi connectivity index (χ4v) is 1.48. The summed E-state index contributed by atoms with van der Waals surface area (Å²) in [5, 5.41) is 7.49. The third-order valence-electron chi connectivity index (χ3n) is 2.30. The highest BCUT2D eigenvalue weighted by Gasteiger charge is 2.00. The quantitative estimate of drug-likeness (QED) is 0.751. The SMILES string of the molecule is COCCCCNc1nc2ccccn2n1. The number of hydrogen-bond donors (Lipinski definition) is 1. The van der Waals surface area contributed by atoms with Gasteiger partial charge in [0.05, 0.1) is 0 Å². The van der Waals surface area contributed by atoms with Crippen LogP contribution in [-0.2, 0) is 4.74 Å². The van der Waals surface area contributed by atoms with Crippen molar-refractivity contribution in [2.24, 2.45) is 0 Å². The third-order valence-corrected chi connectivity index (χ3v) is 2.30. The summed E-state index contributed by atoms with van der Waals surface area (Å²) in [6.45, 7) is 1.68. The maximum atomic E-state index is 4.98. The van der Waals surface area contributed by atoms with Crippen molar-refractivity contribution in [3.8, 4) is 0 Å². The minimum Gasteiger partial charge on any atom is -0.385 e. The van der Waals surface area contributed by atoms with E-state index >= 15 is 0 Å². The van der Waals surface area contributed by atoms with E-state index in [1.54, 1.807) is 11.6 Å². The minimum absolute atomic E-state index is 0.684. The van der Waals surface area contributed by atoms with Crippen LogP contribution in [0.5, 0.6) is 0 Å². The standard InChI is InChI=1S/C11H16N4O/c1-16-9-5-3-7-12-11-13-10-6-2-4-8-15(10)14-11/h2,4,6,8H,3,5,7,9H2,1H3,(H,12,14). The van der Waals surface area contributed by atoms with Crippen LogP contribution in [0.15, 0.2) is 24.4 Å². The van der Waals surface area contributed by atoms with Crippen LogP contribution in [0, 0.1) is 0 Å². The van der Waals surface area contributed by atoms with Gasteiger partial charge < -0.3 is 10.1 Å². The molecule has 0 amide bonds. The first kappa shape index (κ1) is 10.9. The lowest BCUT2D eigenvalue weighted by atomic mass is 10.3. The number of nitrogens with zero attached hydrogens (tertiary/aromatic N) is 3. The number of methoxy groups -OCH3 is 1. The number of anilines is 1. The largest absolute Gasteiger partial charge is 0.385 e. The smallest absolute Gasteiger partial charge is 0.243 e. The maximum absolute atomic E-state index is 4.98. The molecule has 5 heteroatoms. The number of unbranched alkanes of at least 4 members (excludes halogenated alkanes) is 1. The lowest BCUT2D eigenvalue weighted by Gasteiger charge is -2.00. The Hall–Kier alpha value is -1.62. The van der Waals surface area contributed by atoms with Gasteiger partial charge in [0, 0.05) is 26.5 Å². The number of aromatic nitrogens is 3. The zero-order chi connectivity index (χ0) is 11.2. The Morgan fingerprint density at radius 1 is 1.38 bits per heavy atom.